The monoisotopic (exact) mass is 326 g/mol. The molecule has 0 atom stereocenters. The third-order valence-corrected chi connectivity index (χ3v) is 3.63. The van der Waals surface area contributed by atoms with Crippen molar-refractivity contribution in [1.29, 1.82) is 0 Å². The average molecular weight is 327 g/mol. The molecule has 0 bridgehead atoms. The van der Waals surface area contributed by atoms with Crippen LogP contribution in [0.1, 0.15) is 15.9 Å². The number of aliphatic hydroxyl groups excluding tert-OH is 1. The van der Waals surface area contributed by atoms with Crippen molar-refractivity contribution in [3.8, 4) is 11.5 Å². The Balaban J connectivity index is 2.34. The van der Waals surface area contributed by atoms with Crippen molar-refractivity contribution in [2.24, 2.45) is 0 Å². The van der Waals surface area contributed by atoms with Gasteiger partial charge in [0.15, 0.2) is 5.78 Å². The molecule has 0 aliphatic heterocycles. The maximum atomic E-state index is 12.4. The number of phenolic OH excluding ortho intramolecular Hbond substituents is 1. The zero-order chi connectivity index (χ0) is 15.4. The van der Waals surface area contributed by atoms with E-state index in [1.807, 2.05) is 0 Å². The fraction of sp³-hybridized carbons (Fsp3) is 0.133. The Bertz CT molecular complexity index is 653. The van der Waals surface area contributed by atoms with Crippen LogP contribution in [0.15, 0.2) is 36.4 Å². The standard InChI is InChI=1S/C15H12Cl2O4/c16-13-11(5-6-12(14(13)17)21-8-7-18)15(20)9-1-3-10(19)4-2-9/h1-6,18-19H,7-8H2. The zero-order valence-corrected chi connectivity index (χ0v) is 12.4. The second-order valence-electron chi connectivity index (χ2n) is 4.19. The van der Waals surface area contributed by atoms with Crippen molar-refractivity contribution in [2.45, 2.75) is 0 Å². The molecule has 2 N–H and O–H groups in total. The van der Waals surface area contributed by atoms with Gasteiger partial charge in [-0.2, -0.15) is 0 Å². The molecule has 6 heteroatoms. The van der Waals surface area contributed by atoms with Crippen LogP contribution in [-0.4, -0.2) is 29.2 Å². The summed E-state index contributed by atoms with van der Waals surface area (Å²) in [7, 11) is 0. The summed E-state index contributed by atoms with van der Waals surface area (Å²) in [6, 6.07) is 8.87. The van der Waals surface area contributed by atoms with Crippen LogP contribution in [-0.2, 0) is 0 Å². The summed E-state index contributed by atoms with van der Waals surface area (Å²) in [5.41, 5.74) is 0.624. The molecule has 0 aliphatic rings. The predicted molar refractivity (Wildman–Crippen MR) is 80.6 cm³/mol. The van der Waals surface area contributed by atoms with Gasteiger partial charge in [-0.15, -0.1) is 0 Å². The molecule has 0 radical (unpaired) electrons. The molecule has 2 aromatic carbocycles. The summed E-state index contributed by atoms with van der Waals surface area (Å²) in [6.07, 6.45) is 0. The van der Waals surface area contributed by atoms with Gasteiger partial charge in [0.25, 0.3) is 0 Å². The molecule has 2 rings (SSSR count). The van der Waals surface area contributed by atoms with E-state index in [0.29, 0.717) is 11.3 Å². The number of carbonyl (C=O) groups excluding carboxylic acids is 1. The highest BCUT2D eigenvalue weighted by atomic mass is 35.5. The fourth-order valence-electron chi connectivity index (χ4n) is 1.74. The Hall–Kier alpha value is -1.75. The van der Waals surface area contributed by atoms with E-state index in [4.69, 9.17) is 33.0 Å². The molecule has 0 unspecified atom stereocenters. The molecule has 0 saturated carbocycles. The minimum Gasteiger partial charge on any atom is -0.508 e. The van der Waals surface area contributed by atoms with Gasteiger partial charge in [-0.1, -0.05) is 23.2 Å². The van der Waals surface area contributed by atoms with E-state index in [2.05, 4.69) is 0 Å². The highest BCUT2D eigenvalue weighted by Gasteiger charge is 2.18. The van der Waals surface area contributed by atoms with Crippen LogP contribution in [0.4, 0.5) is 0 Å². The smallest absolute Gasteiger partial charge is 0.194 e. The number of hydrogen-bond donors (Lipinski definition) is 2. The molecule has 2 aromatic rings. The minimum absolute atomic E-state index is 0.0726. The molecule has 0 aromatic heterocycles. The lowest BCUT2D eigenvalue weighted by Gasteiger charge is -2.11. The van der Waals surface area contributed by atoms with Crippen LogP contribution in [0, 0.1) is 0 Å². The Morgan fingerprint density at radius 2 is 1.71 bits per heavy atom. The zero-order valence-electron chi connectivity index (χ0n) is 10.8. The van der Waals surface area contributed by atoms with E-state index < -0.39 is 0 Å². The summed E-state index contributed by atoms with van der Waals surface area (Å²) in [6.45, 7) is -0.0660. The van der Waals surface area contributed by atoms with Gasteiger partial charge in [0.05, 0.1) is 11.6 Å². The van der Waals surface area contributed by atoms with Gasteiger partial charge in [0.1, 0.15) is 23.1 Å². The average Bonchev–Trinajstić information content (AvgIpc) is 2.49. The van der Waals surface area contributed by atoms with Crippen LogP contribution in [0.25, 0.3) is 0 Å². The van der Waals surface area contributed by atoms with Crippen molar-refractivity contribution >= 4 is 29.0 Å². The first kappa shape index (κ1) is 15.6. The van der Waals surface area contributed by atoms with Crippen molar-refractivity contribution in [1.82, 2.24) is 0 Å². The summed E-state index contributed by atoms with van der Waals surface area (Å²) in [4.78, 5) is 12.4. The largest absolute Gasteiger partial charge is 0.508 e. The van der Waals surface area contributed by atoms with Gasteiger partial charge in [0, 0.05) is 11.1 Å². The Morgan fingerprint density at radius 1 is 1.05 bits per heavy atom. The third-order valence-electron chi connectivity index (χ3n) is 2.77. The first-order valence-electron chi connectivity index (χ1n) is 6.10. The van der Waals surface area contributed by atoms with Crippen LogP contribution in [0.3, 0.4) is 0 Å². The first-order valence-corrected chi connectivity index (χ1v) is 6.85. The van der Waals surface area contributed by atoms with Crippen molar-refractivity contribution in [3.63, 3.8) is 0 Å². The summed E-state index contributed by atoms with van der Waals surface area (Å²) >= 11 is 12.2. The van der Waals surface area contributed by atoms with Gasteiger partial charge >= 0.3 is 0 Å². The van der Waals surface area contributed by atoms with Gasteiger partial charge in [0.2, 0.25) is 0 Å². The number of ketones is 1. The van der Waals surface area contributed by atoms with E-state index in [9.17, 15) is 9.90 Å². The number of benzene rings is 2. The van der Waals surface area contributed by atoms with E-state index in [-0.39, 0.29) is 40.4 Å². The number of aliphatic hydroxyl groups is 1. The van der Waals surface area contributed by atoms with Crippen molar-refractivity contribution < 1.29 is 19.7 Å². The number of halogens is 2. The Labute approximate surface area is 131 Å². The molecule has 0 heterocycles. The van der Waals surface area contributed by atoms with Crippen LogP contribution in [0.2, 0.25) is 10.0 Å². The van der Waals surface area contributed by atoms with E-state index in [1.54, 1.807) is 0 Å². The number of rotatable bonds is 5. The molecule has 0 amide bonds. The van der Waals surface area contributed by atoms with Crippen LogP contribution < -0.4 is 4.74 Å². The molecular weight excluding hydrogens is 315 g/mol. The third kappa shape index (κ3) is 3.47. The second-order valence-corrected chi connectivity index (χ2v) is 4.94. The topological polar surface area (TPSA) is 66.8 Å². The van der Waals surface area contributed by atoms with Crippen LogP contribution >= 0.6 is 23.2 Å². The molecular formula is C15H12Cl2O4. The SMILES string of the molecule is O=C(c1ccc(O)cc1)c1ccc(OCCO)c(Cl)c1Cl. The lowest BCUT2D eigenvalue weighted by Crippen LogP contribution is -2.05. The first-order chi connectivity index (χ1) is 10.0. The van der Waals surface area contributed by atoms with E-state index in [0.717, 1.165) is 0 Å². The van der Waals surface area contributed by atoms with E-state index >= 15 is 0 Å². The molecule has 0 saturated heterocycles. The highest BCUT2D eigenvalue weighted by Crippen LogP contribution is 2.35. The molecule has 0 aliphatic carbocycles. The maximum absolute atomic E-state index is 12.4. The molecule has 0 fully saturated rings. The van der Waals surface area contributed by atoms with Gasteiger partial charge in [-0.05, 0) is 36.4 Å². The van der Waals surface area contributed by atoms with Gasteiger partial charge in [-0.3, -0.25) is 4.79 Å². The predicted octanol–water partition coefficient (Wildman–Crippen LogP) is 3.30. The number of ether oxygens (including phenoxy) is 1. The maximum Gasteiger partial charge on any atom is 0.194 e. The Kier molecular flexibility index (Phi) is 5.07. The normalized spacial score (nSPS) is 10.4. The lowest BCUT2D eigenvalue weighted by molar-refractivity contribution is 0.103. The number of carbonyl (C=O) groups is 1. The lowest BCUT2D eigenvalue weighted by atomic mass is 10.0. The molecule has 21 heavy (non-hydrogen) atoms. The van der Waals surface area contributed by atoms with Crippen molar-refractivity contribution in [2.75, 3.05) is 13.2 Å². The summed E-state index contributed by atoms with van der Waals surface area (Å²) in [5, 5.41) is 18.2. The van der Waals surface area contributed by atoms with Gasteiger partial charge in [-0.25, -0.2) is 0 Å². The summed E-state index contributed by atoms with van der Waals surface area (Å²) in [5.74, 6) is 0.0667. The molecule has 4 nitrogen and oxygen atoms in total. The number of phenols is 1. The van der Waals surface area contributed by atoms with Crippen molar-refractivity contribution in [3.05, 3.63) is 57.6 Å². The fourth-order valence-corrected chi connectivity index (χ4v) is 2.20. The molecule has 110 valence electrons. The minimum atomic E-state index is -0.310. The second kappa shape index (κ2) is 6.80. The summed E-state index contributed by atoms with van der Waals surface area (Å²) < 4.78 is 5.21. The van der Waals surface area contributed by atoms with E-state index in [1.165, 1.54) is 36.4 Å². The number of aromatic hydroxyl groups is 1. The highest BCUT2D eigenvalue weighted by molar-refractivity contribution is 6.45. The Morgan fingerprint density at radius 3 is 2.33 bits per heavy atom. The molecule has 0 spiro atoms. The van der Waals surface area contributed by atoms with Gasteiger partial charge < -0.3 is 14.9 Å². The number of hydrogen-bond acceptors (Lipinski definition) is 4. The van der Waals surface area contributed by atoms with Crippen LogP contribution in [0.5, 0.6) is 11.5 Å². The quantitative estimate of drug-likeness (QED) is 0.827.